The Labute approximate surface area is 90.3 Å². The quantitative estimate of drug-likeness (QED) is 0.773. The second kappa shape index (κ2) is 5.01. The van der Waals surface area contributed by atoms with E-state index < -0.39 is 0 Å². The summed E-state index contributed by atoms with van der Waals surface area (Å²) in [7, 11) is 0. The number of hydrogen-bond acceptors (Lipinski definition) is 2. The fraction of sp³-hybridized carbons (Fsp3) is 0.583. The Bertz CT molecular complexity index is 380. The van der Waals surface area contributed by atoms with Crippen LogP contribution < -0.4 is 5.56 Å². The summed E-state index contributed by atoms with van der Waals surface area (Å²) in [6.45, 7) is 6.21. The van der Waals surface area contributed by atoms with Crippen LogP contribution in [0.3, 0.4) is 0 Å². The standard InChI is InChI=1S/C12H19NO2/c1-9(2)5-4-6-11-7-10(3)8-12(14)13(11)15/h7-9,15H,4-6H2,1-3H3. The topological polar surface area (TPSA) is 42.2 Å². The van der Waals surface area contributed by atoms with E-state index in [1.807, 2.05) is 13.0 Å². The van der Waals surface area contributed by atoms with Crippen molar-refractivity contribution in [2.24, 2.45) is 5.92 Å². The predicted octanol–water partition coefficient (Wildman–Crippen LogP) is 2.37. The van der Waals surface area contributed by atoms with Gasteiger partial charge in [0.05, 0.1) is 5.69 Å². The second-order valence-electron chi connectivity index (χ2n) is 4.46. The predicted molar refractivity (Wildman–Crippen MR) is 60.4 cm³/mol. The van der Waals surface area contributed by atoms with Gasteiger partial charge in [-0.1, -0.05) is 20.3 Å². The van der Waals surface area contributed by atoms with Crippen LogP contribution in [0.5, 0.6) is 0 Å². The van der Waals surface area contributed by atoms with Gasteiger partial charge in [-0.05, 0) is 37.3 Å². The summed E-state index contributed by atoms with van der Waals surface area (Å²) in [6.07, 6.45) is 2.87. The summed E-state index contributed by atoms with van der Waals surface area (Å²) in [4.78, 5) is 11.3. The van der Waals surface area contributed by atoms with Crippen LogP contribution >= 0.6 is 0 Å². The van der Waals surface area contributed by atoms with Crippen LogP contribution in [0, 0.1) is 12.8 Å². The lowest BCUT2D eigenvalue weighted by atomic mass is 10.0. The molecule has 0 bridgehead atoms. The first-order chi connectivity index (χ1) is 7.00. The highest BCUT2D eigenvalue weighted by Gasteiger charge is 2.04. The number of aromatic nitrogens is 1. The molecule has 0 aliphatic carbocycles. The molecule has 0 aromatic carbocycles. The summed E-state index contributed by atoms with van der Waals surface area (Å²) < 4.78 is 0.757. The zero-order valence-corrected chi connectivity index (χ0v) is 9.66. The van der Waals surface area contributed by atoms with Crippen molar-refractivity contribution in [3.8, 4) is 0 Å². The summed E-state index contributed by atoms with van der Waals surface area (Å²) in [5.41, 5.74) is 1.28. The van der Waals surface area contributed by atoms with Crippen LogP contribution in [0.25, 0.3) is 0 Å². The van der Waals surface area contributed by atoms with E-state index >= 15 is 0 Å². The fourth-order valence-corrected chi connectivity index (χ4v) is 1.63. The van der Waals surface area contributed by atoms with Crippen molar-refractivity contribution < 1.29 is 5.21 Å². The summed E-state index contributed by atoms with van der Waals surface area (Å²) >= 11 is 0. The SMILES string of the molecule is Cc1cc(CCCC(C)C)n(O)c(=O)c1. The van der Waals surface area contributed by atoms with Crippen LogP contribution in [0.4, 0.5) is 0 Å². The number of pyridine rings is 1. The minimum Gasteiger partial charge on any atom is -0.425 e. The minimum absolute atomic E-state index is 0.338. The van der Waals surface area contributed by atoms with Gasteiger partial charge < -0.3 is 5.21 Å². The van der Waals surface area contributed by atoms with Crippen molar-refractivity contribution in [2.75, 3.05) is 0 Å². The minimum atomic E-state index is -0.338. The Balaban J connectivity index is 2.72. The van der Waals surface area contributed by atoms with Crippen LogP contribution in [0.1, 0.15) is 37.9 Å². The molecule has 84 valence electrons. The van der Waals surface area contributed by atoms with Crippen molar-refractivity contribution in [2.45, 2.75) is 40.0 Å². The highest BCUT2D eigenvalue weighted by molar-refractivity contribution is 5.15. The summed E-state index contributed by atoms with van der Waals surface area (Å²) in [5.74, 6) is 0.661. The molecule has 1 heterocycles. The third kappa shape index (κ3) is 3.42. The van der Waals surface area contributed by atoms with E-state index in [1.54, 1.807) is 0 Å². The van der Waals surface area contributed by atoms with E-state index in [1.165, 1.54) is 6.07 Å². The van der Waals surface area contributed by atoms with Gasteiger partial charge in [-0.3, -0.25) is 4.79 Å². The zero-order chi connectivity index (χ0) is 11.4. The van der Waals surface area contributed by atoms with Crippen LogP contribution in [-0.4, -0.2) is 9.94 Å². The zero-order valence-electron chi connectivity index (χ0n) is 9.66. The largest absolute Gasteiger partial charge is 0.425 e. The molecule has 3 heteroatoms. The summed E-state index contributed by atoms with van der Waals surface area (Å²) in [6, 6.07) is 3.30. The highest BCUT2D eigenvalue weighted by atomic mass is 16.5. The monoisotopic (exact) mass is 209 g/mol. The maximum Gasteiger partial charge on any atom is 0.283 e. The lowest BCUT2D eigenvalue weighted by molar-refractivity contribution is 0.164. The Morgan fingerprint density at radius 1 is 1.40 bits per heavy atom. The average molecular weight is 209 g/mol. The van der Waals surface area contributed by atoms with E-state index in [9.17, 15) is 10.0 Å². The third-order valence-electron chi connectivity index (χ3n) is 2.44. The highest BCUT2D eigenvalue weighted by Crippen LogP contribution is 2.09. The number of nitrogens with zero attached hydrogens (tertiary/aromatic N) is 1. The molecule has 0 atom stereocenters. The van der Waals surface area contributed by atoms with Gasteiger partial charge in [0.25, 0.3) is 5.56 Å². The molecule has 1 rings (SSSR count). The smallest absolute Gasteiger partial charge is 0.283 e. The molecule has 0 radical (unpaired) electrons. The molecule has 0 aliphatic heterocycles. The van der Waals surface area contributed by atoms with Gasteiger partial charge in [0, 0.05) is 6.07 Å². The number of rotatable bonds is 4. The molecular formula is C12H19NO2. The molecule has 1 N–H and O–H groups in total. The Kier molecular flexibility index (Phi) is 3.95. The first-order valence-electron chi connectivity index (χ1n) is 5.42. The molecule has 0 unspecified atom stereocenters. The molecule has 1 aromatic rings. The lowest BCUT2D eigenvalue weighted by Crippen LogP contribution is -2.20. The molecule has 15 heavy (non-hydrogen) atoms. The molecule has 0 amide bonds. The van der Waals surface area contributed by atoms with E-state index in [2.05, 4.69) is 13.8 Å². The summed E-state index contributed by atoms with van der Waals surface area (Å²) in [5, 5.41) is 9.49. The average Bonchev–Trinajstić information content (AvgIpc) is 2.12. The van der Waals surface area contributed by atoms with Crippen LogP contribution in [-0.2, 0) is 6.42 Å². The van der Waals surface area contributed by atoms with Gasteiger partial charge in [-0.25, -0.2) is 0 Å². The molecular weight excluding hydrogens is 190 g/mol. The first kappa shape index (κ1) is 11.8. The Hall–Kier alpha value is -1.25. The van der Waals surface area contributed by atoms with Gasteiger partial charge in [0.15, 0.2) is 0 Å². The molecule has 1 aromatic heterocycles. The van der Waals surface area contributed by atoms with Crippen molar-refractivity contribution in [1.82, 2.24) is 4.73 Å². The van der Waals surface area contributed by atoms with Crippen molar-refractivity contribution in [3.05, 3.63) is 33.7 Å². The maximum absolute atomic E-state index is 11.3. The van der Waals surface area contributed by atoms with Crippen LogP contribution in [0.15, 0.2) is 16.9 Å². The second-order valence-corrected chi connectivity index (χ2v) is 4.46. The van der Waals surface area contributed by atoms with Crippen LogP contribution in [0.2, 0.25) is 0 Å². The molecule has 0 spiro atoms. The molecule has 0 saturated heterocycles. The lowest BCUT2D eigenvalue weighted by Gasteiger charge is -2.08. The van der Waals surface area contributed by atoms with Gasteiger partial charge in [-0.15, -0.1) is 0 Å². The third-order valence-corrected chi connectivity index (χ3v) is 2.44. The van der Waals surface area contributed by atoms with Crippen molar-refractivity contribution >= 4 is 0 Å². The van der Waals surface area contributed by atoms with Gasteiger partial charge >= 0.3 is 0 Å². The van der Waals surface area contributed by atoms with Gasteiger partial charge in [-0.2, -0.15) is 4.73 Å². The molecule has 3 nitrogen and oxygen atoms in total. The first-order valence-corrected chi connectivity index (χ1v) is 5.42. The van der Waals surface area contributed by atoms with E-state index in [0.29, 0.717) is 11.6 Å². The molecule has 0 aliphatic rings. The maximum atomic E-state index is 11.3. The Morgan fingerprint density at radius 2 is 2.07 bits per heavy atom. The molecule has 0 fully saturated rings. The fourth-order valence-electron chi connectivity index (χ4n) is 1.63. The van der Waals surface area contributed by atoms with Gasteiger partial charge in [0.2, 0.25) is 0 Å². The number of aryl methyl sites for hydroxylation is 2. The van der Waals surface area contributed by atoms with E-state index in [4.69, 9.17) is 0 Å². The van der Waals surface area contributed by atoms with E-state index in [-0.39, 0.29) is 5.56 Å². The normalized spacial score (nSPS) is 10.9. The number of hydrogen-bond donors (Lipinski definition) is 1. The van der Waals surface area contributed by atoms with E-state index in [0.717, 1.165) is 29.6 Å². The van der Waals surface area contributed by atoms with Crippen molar-refractivity contribution in [1.29, 1.82) is 0 Å². The molecule has 0 saturated carbocycles. The Morgan fingerprint density at radius 3 is 2.67 bits per heavy atom. The van der Waals surface area contributed by atoms with Gasteiger partial charge in [0.1, 0.15) is 0 Å². The van der Waals surface area contributed by atoms with Crippen molar-refractivity contribution in [3.63, 3.8) is 0 Å².